The van der Waals surface area contributed by atoms with Gasteiger partial charge in [-0.3, -0.25) is 0 Å². The van der Waals surface area contributed by atoms with E-state index in [0.29, 0.717) is 19.0 Å². The van der Waals surface area contributed by atoms with Crippen LogP contribution in [-0.2, 0) is 0 Å². The van der Waals surface area contributed by atoms with E-state index in [1.165, 1.54) is 0 Å². The highest BCUT2D eigenvalue weighted by molar-refractivity contribution is 9.10. The van der Waals surface area contributed by atoms with Crippen molar-refractivity contribution in [3.8, 4) is 0 Å². The van der Waals surface area contributed by atoms with Crippen molar-refractivity contribution in [1.29, 1.82) is 0 Å². The Hall–Kier alpha value is -1.18. The number of nitrogens with one attached hydrogen (secondary N) is 1. The minimum absolute atomic E-state index is 0.389. The minimum atomic E-state index is -0.835. The van der Waals surface area contributed by atoms with Crippen LogP contribution in [0, 0.1) is 0 Å². The molecule has 2 N–H and O–H groups in total. The van der Waals surface area contributed by atoms with Crippen LogP contribution < -0.4 is 5.32 Å². The fraction of sp³-hybridized carbons (Fsp3) is 0.500. The second-order valence-corrected chi connectivity index (χ2v) is 6.00. The summed E-state index contributed by atoms with van der Waals surface area (Å²) in [6.07, 6.45) is 1.83. The number of rotatable bonds is 5. The van der Waals surface area contributed by atoms with Gasteiger partial charge in [-0.1, -0.05) is 0 Å². The van der Waals surface area contributed by atoms with E-state index in [2.05, 4.69) is 31.3 Å². The Balaban J connectivity index is 2.08. The normalized spacial score (nSPS) is 14.8. The van der Waals surface area contributed by atoms with Crippen LogP contribution in [0.3, 0.4) is 0 Å². The van der Waals surface area contributed by atoms with Crippen LogP contribution in [0.5, 0.6) is 0 Å². The second-order valence-electron chi connectivity index (χ2n) is 5.15. The molecule has 2 rings (SSSR count). The highest BCUT2D eigenvalue weighted by Crippen LogP contribution is 2.17. The fourth-order valence-electron chi connectivity index (χ4n) is 1.96. The number of aliphatic hydroxyl groups is 1. The number of likely N-dealkylation sites (N-methyl/N-ethyl adjacent to an activating group) is 1. The lowest BCUT2D eigenvalue weighted by molar-refractivity contribution is 0.0458. The largest absolute Gasteiger partial charge is 0.387 e. The molecule has 0 saturated heterocycles. The molecule has 0 aliphatic carbocycles. The summed E-state index contributed by atoms with van der Waals surface area (Å²) < 4.78 is 2.57. The van der Waals surface area contributed by atoms with Gasteiger partial charge in [-0.2, -0.15) is 4.98 Å². The molecule has 6 nitrogen and oxygen atoms in total. The number of fused-ring (bicyclic) bond motifs is 1. The van der Waals surface area contributed by atoms with Crippen molar-refractivity contribution in [3.63, 3.8) is 0 Å². The van der Waals surface area contributed by atoms with Gasteiger partial charge in [-0.15, -0.1) is 5.10 Å². The number of hydrogen-bond acceptors (Lipinski definition) is 5. The second kappa shape index (κ2) is 5.44. The van der Waals surface area contributed by atoms with Crippen LogP contribution in [0.4, 0.5) is 5.95 Å². The van der Waals surface area contributed by atoms with E-state index in [4.69, 9.17) is 0 Å². The predicted octanol–water partition coefficient (Wildman–Crippen LogP) is 1.22. The number of halogens is 1. The zero-order valence-electron chi connectivity index (χ0n) is 11.3. The van der Waals surface area contributed by atoms with Crippen LogP contribution in [0.15, 0.2) is 22.8 Å². The summed E-state index contributed by atoms with van der Waals surface area (Å²) in [5.41, 5.74) is -0.0876. The molecule has 2 aromatic rings. The number of anilines is 1. The molecule has 0 amide bonds. The minimum Gasteiger partial charge on any atom is -0.387 e. The van der Waals surface area contributed by atoms with Gasteiger partial charge in [-0.05, 0) is 49.1 Å². The molecule has 7 heteroatoms. The van der Waals surface area contributed by atoms with E-state index in [9.17, 15) is 5.11 Å². The van der Waals surface area contributed by atoms with Crippen LogP contribution in [0.1, 0.15) is 6.92 Å². The summed E-state index contributed by atoms with van der Waals surface area (Å²) in [7, 11) is 3.85. The molecule has 0 aliphatic rings. The Morgan fingerprint density at radius 1 is 1.53 bits per heavy atom. The van der Waals surface area contributed by atoms with Crippen molar-refractivity contribution in [2.24, 2.45) is 0 Å². The van der Waals surface area contributed by atoms with Gasteiger partial charge in [0.15, 0.2) is 5.65 Å². The lowest BCUT2D eigenvalue weighted by Gasteiger charge is -2.26. The molecule has 0 radical (unpaired) electrons. The summed E-state index contributed by atoms with van der Waals surface area (Å²) in [6, 6.07) is 3.80. The first-order valence-electron chi connectivity index (χ1n) is 5.99. The first kappa shape index (κ1) is 14.2. The van der Waals surface area contributed by atoms with Gasteiger partial charge in [0.25, 0.3) is 0 Å². The summed E-state index contributed by atoms with van der Waals surface area (Å²) in [6.45, 7) is 2.74. The van der Waals surface area contributed by atoms with E-state index in [0.717, 1.165) is 10.1 Å². The number of hydrogen-bond donors (Lipinski definition) is 2. The lowest BCUT2D eigenvalue weighted by atomic mass is 10.1. The lowest BCUT2D eigenvalue weighted by Crippen LogP contribution is -2.43. The van der Waals surface area contributed by atoms with E-state index in [1.54, 1.807) is 11.4 Å². The van der Waals surface area contributed by atoms with Gasteiger partial charge < -0.3 is 15.3 Å². The smallest absolute Gasteiger partial charge is 0.243 e. The Bertz CT molecular complexity index is 566. The quantitative estimate of drug-likeness (QED) is 0.864. The molecule has 104 valence electrons. The van der Waals surface area contributed by atoms with Crippen molar-refractivity contribution < 1.29 is 5.11 Å². The first-order chi connectivity index (χ1) is 8.87. The molecular formula is C12H18BrN5O. The van der Waals surface area contributed by atoms with Gasteiger partial charge in [0.1, 0.15) is 0 Å². The molecule has 0 fully saturated rings. The van der Waals surface area contributed by atoms with Crippen LogP contribution in [0.2, 0.25) is 0 Å². The topological polar surface area (TPSA) is 65.7 Å². The molecule has 0 aromatic carbocycles. The third-order valence-corrected chi connectivity index (χ3v) is 3.22. The molecule has 0 bridgehead atoms. The van der Waals surface area contributed by atoms with E-state index in [1.807, 2.05) is 37.3 Å². The Labute approximate surface area is 120 Å². The fourth-order valence-corrected chi connectivity index (χ4v) is 2.38. The molecular weight excluding hydrogens is 310 g/mol. The predicted molar refractivity (Wildman–Crippen MR) is 78.4 cm³/mol. The van der Waals surface area contributed by atoms with Gasteiger partial charge >= 0.3 is 0 Å². The van der Waals surface area contributed by atoms with E-state index < -0.39 is 5.60 Å². The first-order valence-corrected chi connectivity index (χ1v) is 6.78. The molecule has 2 aromatic heterocycles. The van der Waals surface area contributed by atoms with E-state index in [-0.39, 0.29) is 0 Å². The van der Waals surface area contributed by atoms with Crippen molar-refractivity contribution >= 4 is 27.5 Å². The third-order valence-electron chi connectivity index (χ3n) is 2.60. The Morgan fingerprint density at radius 3 is 2.89 bits per heavy atom. The molecule has 0 aliphatic heterocycles. The number of nitrogens with zero attached hydrogens (tertiary/aromatic N) is 4. The number of pyridine rings is 1. The SMILES string of the molecule is CN(C)CC(C)(O)CNc1nc2c(Br)cccn2n1. The van der Waals surface area contributed by atoms with Crippen LogP contribution >= 0.6 is 15.9 Å². The highest BCUT2D eigenvalue weighted by atomic mass is 79.9. The van der Waals surface area contributed by atoms with Gasteiger partial charge in [0.05, 0.1) is 10.1 Å². The average molecular weight is 328 g/mol. The molecule has 1 unspecified atom stereocenters. The van der Waals surface area contributed by atoms with E-state index >= 15 is 0 Å². The monoisotopic (exact) mass is 327 g/mol. The van der Waals surface area contributed by atoms with Gasteiger partial charge in [0, 0.05) is 19.3 Å². The van der Waals surface area contributed by atoms with Crippen molar-refractivity contribution in [2.45, 2.75) is 12.5 Å². The molecule has 0 saturated carbocycles. The van der Waals surface area contributed by atoms with Crippen LogP contribution in [-0.4, -0.2) is 57.4 Å². The van der Waals surface area contributed by atoms with Crippen molar-refractivity contribution in [3.05, 3.63) is 22.8 Å². The molecule has 1 atom stereocenters. The van der Waals surface area contributed by atoms with Crippen LogP contribution in [0.25, 0.3) is 5.65 Å². The average Bonchev–Trinajstić information content (AvgIpc) is 2.69. The Morgan fingerprint density at radius 2 is 2.26 bits per heavy atom. The standard InChI is InChI=1S/C12H18BrN5O/c1-12(19,8-17(2)3)7-14-11-15-10-9(13)5-4-6-18(10)16-11/h4-6,19H,7-8H2,1-3H3,(H,14,16). The van der Waals surface area contributed by atoms with Crippen molar-refractivity contribution in [2.75, 3.05) is 32.5 Å². The maximum Gasteiger partial charge on any atom is 0.243 e. The summed E-state index contributed by atoms with van der Waals surface area (Å²) in [4.78, 5) is 6.30. The number of aromatic nitrogens is 3. The Kier molecular flexibility index (Phi) is 4.07. The van der Waals surface area contributed by atoms with Crippen molar-refractivity contribution in [1.82, 2.24) is 19.5 Å². The maximum atomic E-state index is 10.2. The summed E-state index contributed by atoms with van der Waals surface area (Å²) in [5, 5.41) is 17.6. The highest BCUT2D eigenvalue weighted by Gasteiger charge is 2.21. The molecule has 2 heterocycles. The van der Waals surface area contributed by atoms with Gasteiger partial charge in [-0.25, -0.2) is 4.52 Å². The maximum absolute atomic E-state index is 10.2. The zero-order valence-corrected chi connectivity index (χ0v) is 12.8. The summed E-state index contributed by atoms with van der Waals surface area (Å²) in [5.74, 6) is 0.505. The molecule has 0 spiro atoms. The van der Waals surface area contributed by atoms with Gasteiger partial charge in [0.2, 0.25) is 5.95 Å². The third kappa shape index (κ3) is 3.65. The summed E-state index contributed by atoms with van der Waals surface area (Å²) >= 11 is 3.43. The zero-order chi connectivity index (χ0) is 14.0. The molecule has 19 heavy (non-hydrogen) atoms.